The zero-order valence-corrected chi connectivity index (χ0v) is 8.22. The van der Waals surface area contributed by atoms with Crippen LogP contribution >= 0.6 is 0 Å². The summed E-state index contributed by atoms with van der Waals surface area (Å²) in [6.45, 7) is 9.64. The van der Waals surface area contributed by atoms with Gasteiger partial charge >= 0.3 is 0 Å². The van der Waals surface area contributed by atoms with Crippen molar-refractivity contribution in [2.45, 2.75) is 40.5 Å². The van der Waals surface area contributed by atoms with E-state index >= 15 is 0 Å². The highest BCUT2D eigenvalue weighted by molar-refractivity contribution is 5.10. The molecule has 2 atom stereocenters. The zero-order valence-electron chi connectivity index (χ0n) is 8.22. The number of hydrogen-bond donors (Lipinski definition) is 0. The lowest BCUT2D eigenvalue weighted by Gasteiger charge is -2.19. The van der Waals surface area contributed by atoms with Gasteiger partial charge in [0.15, 0.2) is 0 Å². The van der Waals surface area contributed by atoms with E-state index in [1.54, 1.807) is 0 Å². The van der Waals surface area contributed by atoms with Crippen LogP contribution in [0.1, 0.15) is 40.5 Å². The minimum absolute atomic E-state index is 0.728. The van der Waals surface area contributed by atoms with Crippen LogP contribution in [0.25, 0.3) is 0 Å². The fraction of sp³-hybridized carbons (Fsp3) is 1.00. The van der Waals surface area contributed by atoms with E-state index in [0.29, 0.717) is 0 Å². The van der Waals surface area contributed by atoms with Crippen LogP contribution in [-0.2, 0) is 0 Å². The molecule has 0 amide bonds. The topological polar surface area (TPSA) is 0 Å². The first kappa shape index (κ1) is 7.64. The van der Waals surface area contributed by atoms with Crippen molar-refractivity contribution in [1.29, 1.82) is 0 Å². The van der Waals surface area contributed by atoms with E-state index < -0.39 is 0 Å². The molecule has 0 aromatic heterocycles. The minimum atomic E-state index is 0.728. The highest BCUT2D eigenvalue weighted by Gasteiger charge is 2.61. The predicted octanol–water partition coefficient (Wildman–Crippen LogP) is 3.32. The Kier molecular flexibility index (Phi) is 1.41. The summed E-state index contributed by atoms with van der Waals surface area (Å²) < 4.78 is 0. The van der Waals surface area contributed by atoms with E-state index in [9.17, 15) is 0 Å². The quantitative estimate of drug-likeness (QED) is 0.540. The van der Waals surface area contributed by atoms with E-state index in [-0.39, 0.29) is 0 Å². The summed E-state index contributed by atoms with van der Waals surface area (Å²) in [7, 11) is 0. The Balaban J connectivity index is 1.95. The van der Waals surface area contributed by atoms with Crippen molar-refractivity contribution in [2.24, 2.45) is 29.1 Å². The summed E-state index contributed by atoms with van der Waals surface area (Å²) in [6, 6.07) is 0. The van der Waals surface area contributed by atoms with Crippen LogP contribution in [0.15, 0.2) is 0 Å². The Morgan fingerprint density at radius 3 is 1.91 bits per heavy atom. The van der Waals surface area contributed by atoms with Crippen LogP contribution in [0.5, 0.6) is 0 Å². The molecule has 0 aliphatic heterocycles. The molecule has 0 heteroatoms. The molecule has 64 valence electrons. The van der Waals surface area contributed by atoms with Gasteiger partial charge in [0.05, 0.1) is 0 Å². The van der Waals surface area contributed by atoms with Gasteiger partial charge in [0.25, 0.3) is 0 Å². The highest BCUT2D eigenvalue weighted by atomic mass is 14.7. The Hall–Kier alpha value is 0. The van der Waals surface area contributed by atoms with Crippen molar-refractivity contribution in [2.75, 3.05) is 0 Å². The fourth-order valence-electron chi connectivity index (χ4n) is 3.09. The van der Waals surface area contributed by atoms with Gasteiger partial charge in [-0.2, -0.15) is 0 Å². The summed E-state index contributed by atoms with van der Waals surface area (Å²) in [5.74, 6) is 4.17. The third kappa shape index (κ3) is 0.947. The second-order valence-corrected chi connectivity index (χ2v) is 5.51. The molecule has 11 heavy (non-hydrogen) atoms. The van der Waals surface area contributed by atoms with Crippen LogP contribution in [0.4, 0.5) is 0 Å². The Morgan fingerprint density at radius 2 is 1.55 bits per heavy atom. The Labute approximate surface area is 70.4 Å². The third-order valence-electron chi connectivity index (χ3n) is 4.34. The lowest BCUT2D eigenvalue weighted by molar-refractivity contribution is 0.305. The van der Waals surface area contributed by atoms with Crippen LogP contribution in [0.2, 0.25) is 0 Å². The largest absolute Gasteiger partial charge is 0.0625 e. The SMILES string of the molecule is CC(C)C1CC2C(C1)C2(C)C. The minimum Gasteiger partial charge on any atom is -0.0625 e. The lowest BCUT2D eigenvalue weighted by atomic mass is 9.86. The van der Waals surface area contributed by atoms with E-state index in [2.05, 4.69) is 27.7 Å². The van der Waals surface area contributed by atoms with Gasteiger partial charge in [-0.3, -0.25) is 0 Å². The Morgan fingerprint density at radius 1 is 1.09 bits per heavy atom. The fourth-order valence-corrected chi connectivity index (χ4v) is 3.09. The molecule has 0 aromatic carbocycles. The van der Waals surface area contributed by atoms with Crippen molar-refractivity contribution in [3.63, 3.8) is 0 Å². The second-order valence-electron chi connectivity index (χ2n) is 5.51. The lowest BCUT2D eigenvalue weighted by Crippen LogP contribution is -2.10. The van der Waals surface area contributed by atoms with Gasteiger partial charge in [-0.1, -0.05) is 27.7 Å². The first-order valence-corrected chi connectivity index (χ1v) is 5.03. The summed E-state index contributed by atoms with van der Waals surface area (Å²) in [6.07, 6.45) is 3.05. The van der Waals surface area contributed by atoms with E-state index in [0.717, 1.165) is 29.1 Å². The molecule has 0 radical (unpaired) electrons. The third-order valence-corrected chi connectivity index (χ3v) is 4.34. The molecule has 2 aliphatic carbocycles. The van der Waals surface area contributed by atoms with Crippen LogP contribution in [0, 0.1) is 29.1 Å². The summed E-state index contributed by atoms with van der Waals surface area (Å²) >= 11 is 0. The molecule has 0 heterocycles. The van der Waals surface area contributed by atoms with Gasteiger partial charge in [-0.05, 0) is 41.9 Å². The summed E-state index contributed by atoms with van der Waals surface area (Å²) in [5, 5.41) is 0. The van der Waals surface area contributed by atoms with E-state index in [4.69, 9.17) is 0 Å². The van der Waals surface area contributed by atoms with Crippen LogP contribution in [-0.4, -0.2) is 0 Å². The van der Waals surface area contributed by atoms with Crippen molar-refractivity contribution in [3.05, 3.63) is 0 Å². The van der Waals surface area contributed by atoms with Gasteiger partial charge in [0.2, 0.25) is 0 Å². The smallest absolute Gasteiger partial charge is 0.0292 e. The van der Waals surface area contributed by atoms with Crippen LogP contribution < -0.4 is 0 Å². The maximum absolute atomic E-state index is 2.44. The van der Waals surface area contributed by atoms with Crippen molar-refractivity contribution < 1.29 is 0 Å². The maximum Gasteiger partial charge on any atom is -0.0292 e. The molecule has 0 spiro atoms. The van der Waals surface area contributed by atoms with Crippen molar-refractivity contribution >= 4 is 0 Å². The molecular weight excluding hydrogens is 132 g/mol. The second kappa shape index (κ2) is 2.02. The average molecular weight is 152 g/mol. The average Bonchev–Trinajstić information content (AvgIpc) is 2.28. The van der Waals surface area contributed by atoms with Crippen molar-refractivity contribution in [1.82, 2.24) is 0 Å². The normalized spacial score (nSPS) is 46.1. The molecule has 2 rings (SSSR count). The number of fused-ring (bicyclic) bond motifs is 1. The highest BCUT2D eigenvalue weighted by Crippen LogP contribution is 2.68. The molecule has 0 saturated heterocycles. The molecule has 2 fully saturated rings. The summed E-state index contributed by atoms with van der Waals surface area (Å²) in [5.41, 5.74) is 0.728. The maximum atomic E-state index is 2.44. The summed E-state index contributed by atoms with van der Waals surface area (Å²) in [4.78, 5) is 0. The molecule has 0 nitrogen and oxygen atoms in total. The van der Waals surface area contributed by atoms with Crippen molar-refractivity contribution in [3.8, 4) is 0 Å². The zero-order chi connectivity index (χ0) is 8.22. The molecule has 0 bridgehead atoms. The standard InChI is InChI=1S/C11H20/c1-7(2)8-5-9-10(6-8)11(9,3)4/h7-10H,5-6H2,1-4H3. The van der Waals surface area contributed by atoms with Gasteiger partial charge in [-0.15, -0.1) is 0 Å². The molecule has 2 unspecified atom stereocenters. The van der Waals surface area contributed by atoms with E-state index in [1.165, 1.54) is 12.8 Å². The molecule has 0 aromatic rings. The van der Waals surface area contributed by atoms with Gasteiger partial charge < -0.3 is 0 Å². The first-order valence-electron chi connectivity index (χ1n) is 5.03. The van der Waals surface area contributed by atoms with Crippen LogP contribution in [0.3, 0.4) is 0 Å². The molecular formula is C11H20. The monoisotopic (exact) mass is 152 g/mol. The van der Waals surface area contributed by atoms with E-state index in [1.807, 2.05) is 0 Å². The number of rotatable bonds is 1. The van der Waals surface area contributed by atoms with Gasteiger partial charge in [0, 0.05) is 0 Å². The first-order chi connectivity index (χ1) is 5.03. The van der Waals surface area contributed by atoms with Gasteiger partial charge in [0.1, 0.15) is 0 Å². The molecule has 2 aliphatic rings. The predicted molar refractivity (Wildman–Crippen MR) is 48.3 cm³/mol. The molecule has 2 saturated carbocycles. The molecule has 0 N–H and O–H groups in total. The van der Waals surface area contributed by atoms with Gasteiger partial charge in [-0.25, -0.2) is 0 Å². The Bertz CT molecular complexity index is 153. The number of hydrogen-bond acceptors (Lipinski definition) is 0.